The molecule has 3 N–H and O–H groups in total. The number of benzene rings is 1. The zero-order chi connectivity index (χ0) is 22.2. The highest BCUT2D eigenvalue weighted by atomic mass is 16.3. The second-order valence-electron chi connectivity index (χ2n) is 8.07. The number of phenolic OH excluding ortho intramolecular Hbond substituents is 1. The van der Waals surface area contributed by atoms with Crippen LogP contribution in [0.3, 0.4) is 0 Å². The highest BCUT2D eigenvalue weighted by molar-refractivity contribution is 5.65. The molecule has 7 heteroatoms. The molecule has 0 saturated carbocycles. The van der Waals surface area contributed by atoms with Gasteiger partial charge in [0.1, 0.15) is 11.6 Å². The second-order valence-corrected chi connectivity index (χ2v) is 8.07. The van der Waals surface area contributed by atoms with Gasteiger partial charge in [-0.15, -0.1) is 5.10 Å². The summed E-state index contributed by atoms with van der Waals surface area (Å²) in [5, 5.41) is 26.2. The summed E-state index contributed by atoms with van der Waals surface area (Å²) in [4.78, 5) is 6.68. The first-order valence-corrected chi connectivity index (χ1v) is 11.3. The van der Waals surface area contributed by atoms with Crippen LogP contribution in [0, 0.1) is 0 Å². The molecule has 1 aliphatic heterocycles. The standard InChI is InChI=1S/C19H18N4O.C6H13NO/c24-16-8-4-7-15(11-16)17-13-21-19-10-9-18(22-23(17)19)20-12-14-5-2-1-3-6-14;8-6-5-7-3-1-2-4-7/h2,4-11,13,24H,1,3,12H2,(H,20,22);8H,1-6H2. The summed E-state index contributed by atoms with van der Waals surface area (Å²) >= 11 is 0. The molecular formula is C25H31N5O2. The highest BCUT2D eigenvalue weighted by Crippen LogP contribution is 2.24. The van der Waals surface area contributed by atoms with Gasteiger partial charge in [0.2, 0.25) is 0 Å². The molecular weight excluding hydrogens is 402 g/mol. The van der Waals surface area contributed by atoms with E-state index < -0.39 is 0 Å². The van der Waals surface area contributed by atoms with E-state index in [4.69, 9.17) is 5.11 Å². The van der Waals surface area contributed by atoms with Gasteiger partial charge in [-0.25, -0.2) is 9.50 Å². The van der Waals surface area contributed by atoms with Crippen LogP contribution in [0.5, 0.6) is 5.75 Å². The fourth-order valence-electron chi connectivity index (χ4n) is 3.97. The van der Waals surface area contributed by atoms with Crippen molar-refractivity contribution in [2.75, 3.05) is 38.1 Å². The first-order valence-electron chi connectivity index (χ1n) is 11.3. The normalized spacial score (nSPS) is 16.0. The molecule has 7 nitrogen and oxygen atoms in total. The number of aromatic hydroxyl groups is 1. The molecule has 0 spiro atoms. The number of aromatic nitrogens is 3. The van der Waals surface area contributed by atoms with Crippen LogP contribution in [0.4, 0.5) is 5.82 Å². The minimum absolute atomic E-state index is 0.229. The van der Waals surface area contributed by atoms with E-state index in [9.17, 15) is 5.11 Å². The van der Waals surface area contributed by atoms with Gasteiger partial charge in [-0.05, 0) is 68.6 Å². The van der Waals surface area contributed by atoms with E-state index in [1.807, 2.05) is 24.3 Å². The van der Waals surface area contributed by atoms with Crippen molar-refractivity contribution in [2.45, 2.75) is 25.7 Å². The Morgan fingerprint density at radius 1 is 1.06 bits per heavy atom. The summed E-state index contributed by atoms with van der Waals surface area (Å²) in [6, 6.07) is 11.0. The van der Waals surface area contributed by atoms with Gasteiger partial charge in [0.05, 0.1) is 18.5 Å². The molecule has 0 radical (unpaired) electrons. The lowest BCUT2D eigenvalue weighted by molar-refractivity contribution is 0.221. The molecule has 1 aliphatic carbocycles. The maximum atomic E-state index is 9.69. The minimum Gasteiger partial charge on any atom is -0.508 e. The fraction of sp³-hybridized carbons (Fsp3) is 0.360. The van der Waals surface area contributed by atoms with Crippen molar-refractivity contribution >= 4 is 11.5 Å². The van der Waals surface area contributed by atoms with Gasteiger partial charge < -0.3 is 20.4 Å². The van der Waals surface area contributed by atoms with Gasteiger partial charge >= 0.3 is 0 Å². The summed E-state index contributed by atoms with van der Waals surface area (Å²) in [5.74, 6) is 1.02. The molecule has 0 bridgehead atoms. The quantitative estimate of drug-likeness (QED) is 0.547. The Hall–Kier alpha value is -3.16. The highest BCUT2D eigenvalue weighted by Gasteiger charge is 2.10. The molecule has 3 heterocycles. The molecule has 5 rings (SSSR count). The molecule has 1 aromatic carbocycles. The summed E-state index contributed by atoms with van der Waals surface area (Å²) in [6.45, 7) is 4.34. The van der Waals surface area contributed by atoms with E-state index >= 15 is 0 Å². The van der Waals surface area contributed by atoms with Crippen molar-refractivity contribution in [3.63, 3.8) is 0 Å². The Morgan fingerprint density at radius 2 is 1.94 bits per heavy atom. The van der Waals surface area contributed by atoms with E-state index in [0.29, 0.717) is 6.61 Å². The number of allylic oxidation sites excluding steroid dienone is 2. The molecule has 168 valence electrons. The van der Waals surface area contributed by atoms with Crippen molar-refractivity contribution in [2.24, 2.45) is 0 Å². The molecule has 0 unspecified atom stereocenters. The SMILES string of the molecule is OCCN1CCCC1.Oc1cccc(-c2cnc3ccc(NCC4=CCCC=C4)nn23)c1. The van der Waals surface area contributed by atoms with E-state index in [-0.39, 0.29) is 5.75 Å². The zero-order valence-electron chi connectivity index (χ0n) is 18.3. The predicted molar refractivity (Wildman–Crippen MR) is 128 cm³/mol. The number of aliphatic hydroxyl groups excluding tert-OH is 1. The van der Waals surface area contributed by atoms with Crippen molar-refractivity contribution in [1.29, 1.82) is 0 Å². The Balaban J connectivity index is 0.000000260. The average Bonchev–Trinajstić information content (AvgIpc) is 3.49. The van der Waals surface area contributed by atoms with E-state index in [1.165, 1.54) is 31.5 Å². The van der Waals surface area contributed by atoms with E-state index in [2.05, 4.69) is 38.5 Å². The van der Waals surface area contributed by atoms with Crippen molar-refractivity contribution in [1.82, 2.24) is 19.5 Å². The predicted octanol–water partition coefficient (Wildman–Crippen LogP) is 3.86. The maximum Gasteiger partial charge on any atom is 0.154 e. The zero-order valence-corrected chi connectivity index (χ0v) is 18.3. The molecule has 2 aliphatic rings. The first-order chi connectivity index (χ1) is 15.7. The number of phenols is 1. The summed E-state index contributed by atoms with van der Waals surface area (Å²) in [7, 11) is 0. The smallest absolute Gasteiger partial charge is 0.154 e. The third kappa shape index (κ3) is 5.75. The van der Waals surface area contributed by atoms with Crippen molar-refractivity contribution in [3.05, 3.63) is 66.4 Å². The van der Waals surface area contributed by atoms with Gasteiger partial charge in [0.15, 0.2) is 5.65 Å². The number of anilines is 1. The van der Waals surface area contributed by atoms with Crippen molar-refractivity contribution in [3.8, 4) is 17.0 Å². The Kier molecular flexibility index (Phi) is 7.53. The molecule has 1 saturated heterocycles. The van der Waals surface area contributed by atoms with Crippen LogP contribution in [0.25, 0.3) is 16.9 Å². The number of nitrogens with one attached hydrogen (secondary N) is 1. The number of hydrogen-bond donors (Lipinski definition) is 3. The van der Waals surface area contributed by atoms with Gasteiger partial charge in [-0.3, -0.25) is 0 Å². The number of aliphatic hydroxyl groups is 1. The second kappa shape index (κ2) is 10.9. The largest absolute Gasteiger partial charge is 0.508 e. The first kappa shape index (κ1) is 22.0. The van der Waals surface area contributed by atoms with Crippen LogP contribution in [0.15, 0.2) is 66.4 Å². The maximum absolute atomic E-state index is 9.69. The molecule has 2 aromatic heterocycles. The van der Waals surface area contributed by atoms with Crippen LogP contribution in [0.1, 0.15) is 25.7 Å². The summed E-state index contributed by atoms with van der Waals surface area (Å²) in [6.07, 6.45) is 13.2. The lowest BCUT2D eigenvalue weighted by Crippen LogP contribution is -2.22. The number of fused-ring (bicyclic) bond motifs is 1. The number of nitrogens with zero attached hydrogens (tertiary/aromatic N) is 4. The number of rotatable bonds is 6. The van der Waals surface area contributed by atoms with E-state index in [1.54, 1.807) is 22.8 Å². The molecule has 1 fully saturated rings. The monoisotopic (exact) mass is 433 g/mol. The average molecular weight is 434 g/mol. The molecule has 32 heavy (non-hydrogen) atoms. The van der Waals surface area contributed by atoms with Crippen LogP contribution < -0.4 is 5.32 Å². The molecule has 3 aromatic rings. The third-order valence-corrected chi connectivity index (χ3v) is 5.66. The fourth-order valence-corrected chi connectivity index (χ4v) is 3.97. The van der Waals surface area contributed by atoms with Gasteiger partial charge in [-0.1, -0.05) is 30.4 Å². The lowest BCUT2D eigenvalue weighted by atomic mass is 10.1. The number of likely N-dealkylation sites (tertiary alicyclic amines) is 1. The molecule has 0 amide bonds. The number of imidazole rings is 1. The third-order valence-electron chi connectivity index (χ3n) is 5.66. The van der Waals surface area contributed by atoms with Crippen molar-refractivity contribution < 1.29 is 10.2 Å². The van der Waals surface area contributed by atoms with Gasteiger partial charge in [0.25, 0.3) is 0 Å². The molecule has 0 atom stereocenters. The Bertz CT molecular complexity index is 1080. The van der Waals surface area contributed by atoms with Crippen LogP contribution in [-0.4, -0.2) is 62.5 Å². The van der Waals surface area contributed by atoms with Gasteiger partial charge in [-0.2, -0.15) is 0 Å². The number of hydrogen-bond acceptors (Lipinski definition) is 6. The lowest BCUT2D eigenvalue weighted by Gasteiger charge is -2.10. The minimum atomic E-state index is 0.229. The van der Waals surface area contributed by atoms with E-state index in [0.717, 1.165) is 48.7 Å². The van der Waals surface area contributed by atoms with Crippen LogP contribution in [-0.2, 0) is 0 Å². The van der Waals surface area contributed by atoms with Crippen LogP contribution in [0.2, 0.25) is 0 Å². The summed E-state index contributed by atoms with van der Waals surface area (Å²) in [5.41, 5.74) is 3.78. The van der Waals surface area contributed by atoms with Gasteiger partial charge in [0, 0.05) is 18.7 Å². The van der Waals surface area contributed by atoms with Crippen LogP contribution >= 0.6 is 0 Å². The Labute approximate surface area is 188 Å². The topological polar surface area (TPSA) is 85.9 Å². The summed E-state index contributed by atoms with van der Waals surface area (Å²) < 4.78 is 1.79. The number of β-amino-alcohol motifs (C(OH)–C–C–N with tert-alkyl or cyclic N) is 1. The Morgan fingerprint density at radius 3 is 2.69 bits per heavy atom.